The van der Waals surface area contributed by atoms with Gasteiger partial charge >= 0.3 is 0 Å². The number of carbonyl (C=O) groups is 1. The van der Waals surface area contributed by atoms with Gasteiger partial charge in [0.05, 0.1) is 6.20 Å². The smallest absolute Gasteiger partial charge is 0.262 e. The molecule has 0 saturated carbocycles. The number of anilines is 1. The molecule has 0 radical (unpaired) electrons. The second-order valence-corrected chi connectivity index (χ2v) is 4.45. The average Bonchev–Trinajstić information content (AvgIpc) is 2.40. The zero-order valence-corrected chi connectivity index (χ0v) is 11.1. The summed E-state index contributed by atoms with van der Waals surface area (Å²) >= 11 is 3.33. The number of halogens is 1. The lowest BCUT2D eigenvalue weighted by atomic mass is 10.3. The van der Waals surface area contributed by atoms with Crippen LogP contribution in [0.2, 0.25) is 0 Å². The van der Waals surface area contributed by atoms with Gasteiger partial charge in [0.15, 0.2) is 6.61 Å². The fourth-order valence-corrected chi connectivity index (χ4v) is 1.58. The van der Waals surface area contributed by atoms with Crippen LogP contribution in [0.3, 0.4) is 0 Å². The molecule has 0 spiro atoms. The van der Waals surface area contributed by atoms with E-state index in [1.807, 2.05) is 24.3 Å². The Morgan fingerprint density at radius 2 is 2.06 bits per heavy atom. The van der Waals surface area contributed by atoms with Gasteiger partial charge in [0, 0.05) is 16.4 Å². The highest BCUT2D eigenvalue weighted by Gasteiger charge is 2.03. The van der Waals surface area contributed by atoms with Crippen LogP contribution in [-0.2, 0) is 4.79 Å². The summed E-state index contributed by atoms with van der Waals surface area (Å²) in [6.07, 6.45) is 3.21. The molecule has 2 aromatic rings. The molecule has 0 bridgehead atoms. The molecule has 0 fully saturated rings. The van der Waals surface area contributed by atoms with E-state index in [2.05, 4.69) is 26.2 Å². The summed E-state index contributed by atoms with van der Waals surface area (Å²) in [5.41, 5.74) is 0.734. The van der Waals surface area contributed by atoms with E-state index in [-0.39, 0.29) is 12.5 Å². The normalized spacial score (nSPS) is 9.83. The molecule has 92 valence electrons. The van der Waals surface area contributed by atoms with Crippen molar-refractivity contribution in [2.24, 2.45) is 0 Å². The lowest BCUT2D eigenvalue weighted by Gasteiger charge is -2.07. The Morgan fingerprint density at radius 1 is 1.28 bits per heavy atom. The van der Waals surface area contributed by atoms with Crippen molar-refractivity contribution in [3.05, 3.63) is 53.3 Å². The van der Waals surface area contributed by atoms with E-state index < -0.39 is 0 Å². The van der Waals surface area contributed by atoms with E-state index in [4.69, 9.17) is 4.74 Å². The quantitative estimate of drug-likeness (QED) is 0.945. The Balaban J connectivity index is 1.84. The molecule has 5 heteroatoms. The first-order chi connectivity index (χ1) is 8.74. The van der Waals surface area contributed by atoms with Gasteiger partial charge in [-0.25, -0.2) is 0 Å². The van der Waals surface area contributed by atoms with Crippen molar-refractivity contribution >= 4 is 27.5 Å². The maximum Gasteiger partial charge on any atom is 0.262 e. The molecule has 1 heterocycles. The van der Waals surface area contributed by atoms with Crippen LogP contribution in [0.15, 0.2) is 53.3 Å². The molecular formula is C13H11BrN2O2. The molecule has 1 aromatic heterocycles. The number of aromatic nitrogens is 1. The summed E-state index contributed by atoms with van der Waals surface area (Å²) in [5.74, 6) is 0.365. The highest BCUT2D eigenvalue weighted by molar-refractivity contribution is 9.10. The molecule has 0 aliphatic heterocycles. The summed E-state index contributed by atoms with van der Waals surface area (Å²) in [5, 5.41) is 2.73. The van der Waals surface area contributed by atoms with Crippen molar-refractivity contribution in [3.63, 3.8) is 0 Å². The molecule has 4 nitrogen and oxygen atoms in total. The fourth-order valence-electron chi connectivity index (χ4n) is 1.31. The fraction of sp³-hybridized carbons (Fsp3) is 0.0769. The first-order valence-corrected chi connectivity index (χ1v) is 6.11. The highest BCUT2D eigenvalue weighted by Crippen LogP contribution is 2.14. The number of benzene rings is 1. The van der Waals surface area contributed by atoms with Crippen LogP contribution < -0.4 is 10.1 Å². The number of carbonyl (C=O) groups excluding carboxylic acids is 1. The summed E-state index contributed by atoms with van der Waals surface area (Å²) in [7, 11) is 0. The zero-order valence-electron chi connectivity index (χ0n) is 9.47. The number of hydrogen-bond acceptors (Lipinski definition) is 3. The zero-order chi connectivity index (χ0) is 12.8. The molecule has 1 amide bonds. The second-order valence-electron chi connectivity index (χ2n) is 3.53. The largest absolute Gasteiger partial charge is 0.482 e. The number of rotatable bonds is 4. The number of hydrogen-bond donors (Lipinski definition) is 1. The minimum absolute atomic E-state index is 0.0399. The molecule has 0 saturated heterocycles. The number of ether oxygens (including phenoxy) is 1. The molecule has 0 atom stereocenters. The Labute approximate surface area is 113 Å². The van der Waals surface area contributed by atoms with Crippen LogP contribution >= 0.6 is 15.9 Å². The summed E-state index contributed by atoms with van der Waals surface area (Å²) in [6.45, 7) is -0.0399. The maximum absolute atomic E-state index is 11.6. The van der Waals surface area contributed by atoms with Gasteiger partial charge in [-0.3, -0.25) is 9.78 Å². The van der Waals surface area contributed by atoms with Crippen LogP contribution in [0.25, 0.3) is 0 Å². The number of nitrogens with one attached hydrogen (secondary N) is 1. The van der Waals surface area contributed by atoms with Gasteiger partial charge in [0.25, 0.3) is 5.91 Å². The second kappa shape index (κ2) is 6.16. The first-order valence-electron chi connectivity index (χ1n) is 5.32. The van der Waals surface area contributed by atoms with Gasteiger partial charge in [-0.05, 0) is 36.4 Å². The third kappa shape index (κ3) is 3.85. The Morgan fingerprint density at radius 3 is 2.72 bits per heavy atom. The first kappa shape index (κ1) is 12.6. The van der Waals surface area contributed by atoms with Gasteiger partial charge < -0.3 is 10.1 Å². The van der Waals surface area contributed by atoms with E-state index in [1.54, 1.807) is 24.5 Å². The lowest BCUT2D eigenvalue weighted by Crippen LogP contribution is -2.20. The van der Waals surface area contributed by atoms with Crippen LogP contribution in [0, 0.1) is 0 Å². The molecule has 0 aliphatic rings. The van der Waals surface area contributed by atoms with Gasteiger partial charge in [-0.15, -0.1) is 0 Å². The average molecular weight is 307 g/mol. The number of nitrogens with zero attached hydrogens (tertiary/aromatic N) is 1. The molecular weight excluding hydrogens is 296 g/mol. The van der Waals surface area contributed by atoms with Crippen molar-refractivity contribution in [2.75, 3.05) is 11.9 Å². The van der Waals surface area contributed by atoms with Gasteiger partial charge in [0.2, 0.25) is 0 Å². The lowest BCUT2D eigenvalue weighted by molar-refractivity contribution is -0.118. The Bertz CT molecular complexity index is 514. The van der Waals surface area contributed by atoms with E-state index in [0.29, 0.717) is 5.75 Å². The predicted molar refractivity (Wildman–Crippen MR) is 72.5 cm³/mol. The van der Waals surface area contributed by atoms with Crippen molar-refractivity contribution < 1.29 is 9.53 Å². The van der Waals surface area contributed by atoms with E-state index in [9.17, 15) is 4.79 Å². The van der Waals surface area contributed by atoms with Crippen LogP contribution in [0.4, 0.5) is 5.69 Å². The van der Waals surface area contributed by atoms with Crippen LogP contribution in [0.5, 0.6) is 5.75 Å². The van der Waals surface area contributed by atoms with Crippen molar-refractivity contribution in [2.45, 2.75) is 0 Å². The number of amides is 1. The number of pyridine rings is 1. The molecule has 1 N–H and O–H groups in total. The minimum atomic E-state index is -0.207. The molecule has 2 rings (SSSR count). The van der Waals surface area contributed by atoms with Gasteiger partial charge in [0.1, 0.15) is 5.75 Å². The van der Waals surface area contributed by atoms with Gasteiger partial charge in [-0.1, -0.05) is 15.9 Å². The third-order valence-electron chi connectivity index (χ3n) is 2.13. The van der Waals surface area contributed by atoms with Crippen molar-refractivity contribution in [1.29, 1.82) is 0 Å². The summed E-state index contributed by atoms with van der Waals surface area (Å²) in [4.78, 5) is 15.5. The molecule has 18 heavy (non-hydrogen) atoms. The summed E-state index contributed by atoms with van der Waals surface area (Å²) < 4.78 is 6.24. The SMILES string of the molecule is O=C(COc1cccnc1)Nc1ccc(Br)cc1. The topological polar surface area (TPSA) is 51.2 Å². The van der Waals surface area contributed by atoms with Crippen molar-refractivity contribution in [1.82, 2.24) is 4.98 Å². The van der Waals surface area contributed by atoms with Crippen LogP contribution in [-0.4, -0.2) is 17.5 Å². The van der Waals surface area contributed by atoms with E-state index in [1.165, 1.54) is 0 Å². The van der Waals surface area contributed by atoms with Crippen LogP contribution in [0.1, 0.15) is 0 Å². The molecule has 0 unspecified atom stereocenters. The Kier molecular flexibility index (Phi) is 4.30. The maximum atomic E-state index is 11.6. The van der Waals surface area contributed by atoms with E-state index >= 15 is 0 Å². The third-order valence-corrected chi connectivity index (χ3v) is 2.66. The standard InChI is InChI=1S/C13H11BrN2O2/c14-10-3-5-11(6-4-10)16-13(17)9-18-12-2-1-7-15-8-12/h1-8H,9H2,(H,16,17). The minimum Gasteiger partial charge on any atom is -0.482 e. The Hall–Kier alpha value is -1.88. The van der Waals surface area contributed by atoms with E-state index in [0.717, 1.165) is 10.2 Å². The van der Waals surface area contributed by atoms with Crippen molar-refractivity contribution in [3.8, 4) is 5.75 Å². The predicted octanol–water partition coefficient (Wildman–Crippen LogP) is 2.86. The highest BCUT2D eigenvalue weighted by atomic mass is 79.9. The van der Waals surface area contributed by atoms with Gasteiger partial charge in [-0.2, -0.15) is 0 Å². The molecule has 1 aromatic carbocycles. The monoisotopic (exact) mass is 306 g/mol. The summed E-state index contributed by atoms with van der Waals surface area (Å²) in [6, 6.07) is 10.8. The molecule has 0 aliphatic carbocycles.